The van der Waals surface area contributed by atoms with Crippen molar-refractivity contribution in [1.29, 1.82) is 0 Å². The van der Waals surface area contributed by atoms with E-state index in [4.69, 9.17) is 21.1 Å². The largest absolute Gasteiger partial charge is 0.493 e. The Morgan fingerprint density at radius 3 is 2.33 bits per heavy atom. The first-order valence-corrected chi connectivity index (χ1v) is 14.1. The number of nitrogens with zero attached hydrogens (tertiary/aromatic N) is 2. The van der Waals surface area contributed by atoms with E-state index in [9.17, 15) is 13.2 Å². The van der Waals surface area contributed by atoms with E-state index in [1.165, 1.54) is 25.5 Å². The van der Waals surface area contributed by atoms with Gasteiger partial charge in [-0.25, -0.2) is 13.8 Å². The van der Waals surface area contributed by atoms with Crippen molar-refractivity contribution in [2.75, 3.05) is 18.0 Å². The number of hydrazone groups is 1. The van der Waals surface area contributed by atoms with Crippen molar-refractivity contribution in [2.24, 2.45) is 5.10 Å². The van der Waals surface area contributed by atoms with Crippen LogP contribution in [0, 0.1) is 6.92 Å². The Bertz CT molecular complexity index is 1600. The number of rotatable bonds is 11. The number of methoxy groups -OCH3 is 1. The molecular weight excluding hydrogens is 550 g/mol. The molecule has 0 aliphatic heterocycles. The van der Waals surface area contributed by atoms with Gasteiger partial charge in [-0.3, -0.25) is 9.10 Å². The van der Waals surface area contributed by atoms with Gasteiger partial charge in [0.1, 0.15) is 13.2 Å². The van der Waals surface area contributed by atoms with Gasteiger partial charge in [0.05, 0.1) is 23.9 Å². The maximum atomic E-state index is 13.5. The molecule has 40 heavy (non-hydrogen) atoms. The number of hydrogen-bond acceptors (Lipinski definition) is 6. The molecule has 0 saturated carbocycles. The predicted octanol–water partition coefficient (Wildman–Crippen LogP) is 5.58. The van der Waals surface area contributed by atoms with Crippen LogP contribution in [-0.2, 0) is 21.4 Å². The molecule has 1 N–H and O–H groups in total. The minimum absolute atomic E-state index is 0.0577. The first-order chi connectivity index (χ1) is 19.3. The van der Waals surface area contributed by atoms with Gasteiger partial charge in [-0.05, 0) is 72.1 Å². The van der Waals surface area contributed by atoms with Crippen molar-refractivity contribution in [1.82, 2.24) is 5.43 Å². The number of ether oxygens (including phenoxy) is 2. The minimum Gasteiger partial charge on any atom is -0.493 e. The SMILES string of the molecule is COc1cc(/C=N\NC(=O)CN(c2ccc(Cl)cc2C)S(=O)(=O)c2ccccc2)ccc1OCc1ccccc1. The summed E-state index contributed by atoms with van der Waals surface area (Å²) in [7, 11) is -2.52. The summed E-state index contributed by atoms with van der Waals surface area (Å²) in [6.07, 6.45) is 1.44. The lowest BCUT2D eigenvalue weighted by Gasteiger charge is -2.25. The van der Waals surface area contributed by atoms with E-state index >= 15 is 0 Å². The molecule has 1 amide bonds. The van der Waals surface area contributed by atoms with Crippen LogP contribution in [0.15, 0.2) is 107 Å². The number of sulfonamides is 1. The van der Waals surface area contributed by atoms with Crippen LogP contribution >= 0.6 is 11.6 Å². The summed E-state index contributed by atoms with van der Waals surface area (Å²) in [5.74, 6) is 0.442. The molecule has 0 fully saturated rings. The molecule has 4 aromatic carbocycles. The van der Waals surface area contributed by atoms with Crippen molar-refractivity contribution in [3.63, 3.8) is 0 Å². The maximum Gasteiger partial charge on any atom is 0.264 e. The molecule has 0 radical (unpaired) electrons. The van der Waals surface area contributed by atoms with Crippen LogP contribution in [0.1, 0.15) is 16.7 Å². The van der Waals surface area contributed by atoms with Gasteiger partial charge >= 0.3 is 0 Å². The Morgan fingerprint density at radius 2 is 1.65 bits per heavy atom. The second kappa shape index (κ2) is 13.1. The lowest BCUT2D eigenvalue weighted by Crippen LogP contribution is -2.40. The van der Waals surface area contributed by atoms with Gasteiger partial charge in [-0.2, -0.15) is 5.10 Å². The summed E-state index contributed by atoms with van der Waals surface area (Å²) >= 11 is 6.08. The second-order valence-electron chi connectivity index (χ2n) is 8.73. The van der Waals surface area contributed by atoms with Crippen molar-refractivity contribution < 1.29 is 22.7 Å². The summed E-state index contributed by atoms with van der Waals surface area (Å²) in [5, 5.41) is 4.47. The highest BCUT2D eigenvalue weighted by Crippen LogP contribution is 2.30. The van der Waals surface area contributed by atoms with Gasteiger partial charge < -0.3 is 9.47 Å². The third-order valence-electron chi connectivity index (χ3n) is 5.87. The number of amides is 1. The zero-order valence-corrected chi connectivity index (χ0v) is 23.5. The molecule has 0 heterocycles. The van der Waals surface area contributed by atoms with E-state index in [-0.39, 0.29) is 4.90 Å². The number of aryl methyl sites for hydroxylation is 1. The van der Waals surface area contributed by atoms with Crippen molar-refractivity contribution in [2.45, 2.75) is 18.4 Å². The molecule has 10 heteroatoms. The summed E-state index contributed by atoms with van der Waals surface area (Å²) in [4.78, 5) is 12.9. The molecule has 0 spiro atoms. The quantitative estimate of drug-likeness (QED) is 0.185. The fraction of sp³-hybridized carbons (Fsp3) is 0.133. The first-order valence-electron chi connectivity index (χ1n) is 12.3. The van der Waals surface area contributed by atoms with E-state index in [1.54, 1.807) is 61.5 Å². The summed E-state index contributed by atoms with van der Waals surface area (Å²) in [6, 6.07) is 27.7. The molecule has 0 unspecified atom stereocenters. The molecule has 0 saturated heterocycles. The lowest BCUT2D eigenvalue weighted by atomic mass is 10.2. The van der Waals surface area contributed by atoms with Gasteiger partial charge in [0, 0.05) is 5.02 Å². The fourth-order valence-electron chi connectivity index (χ4n) is 3.88. The maximum absolute atomic E-state index is 13.5. The van der Waals surface area contributed by atoms with Crippen molar-refractivity contribution in [3.8, 4) is 11.5 Å². The highest BCUT2D eigenvalue weighted by Gasteiger charge is 2.28. The number of nitrogens with one attached hydrogen (secondary N) is 1. The van der Waals surface area contributed by atoms with Gasteiger partial charge in [0.15, 0.2) is 11.5 Å². The zero-order chi connectivity index (χ0) is 28.5. The highest BCUT2D eigenvalue weighted by molar-refractivity contribution is 7.92. The van der Waals surface area contributed by atoms with Gasteiger partial charge in [0.2, 0.25) is 0 Å². The Kier molecular flexibility index (Phi) is 9.42. The molecule has 0 atom stereocenters. The molecule has 0 aliphatic carbocycles. The van der Waals surface area contributed by atoms with Crippen LogP contribution in [0.5, 0.6) is 11.5 Å². The number of hydrogen-bond donors (Lipinski definition) is 1. The first kappa shape index (κ1) is 28.7. The normalized spacial score (nSPS) is 11.3. The number of halogens is 1. The van der Waals surface area contributed by atoms with Crippen LogP contribution in [0.25, 0.3) is 0 Å². The van der Waals surface area contributed by atoms with E-state index in [0.717, 1.165) is 9.87 Å². The standard InChI is InChI=1S/C30H28ClN3O5S/c1-22-17-25(31)14-15-27(22)34(40(36,37)26-11-7-4-8-12-26)20-30(35)33-32-19-24-13-16-28(29(18-24)38-2)39-21-23-9-5-3-6-10-23/h3-19H,20-21H2,1-2H3,(H,33,35)/b32-19-. The van der Waals surface area contributed by atoms with Crippen molar-refractivity contribution >= 4 is 39.4 Å². The van der Waals surface area contributed by atoms with Crippen LogP contribution in [0.2, 0.25) is 5.02 Å². The minimum atomic E-state index is -4.05. The van der Waals surface area contributed by atoms with Crippen LogP contribution < -0.4 is 19.2 Å². The van der Waals surface area contributed by atoms with Crippen LogP contribution in [-0.4, -0.2) is 34.2 Å². The average Bonchev–Trinajstić information content (AvgIpc) is 2.96. The summed E-state index contributed by atoms with van der Waals surface area (Å²) in [6.45, 7) is 1.62. The molecule has 0 aromatic heterocycles. The predicted molar refractivity (Wildman–Crippen MR) is 157 cm³/mol. The van der Waals surface area contributed by atoms with E-state index < -0.39 is 22.5 Å². The summed E-state index contributed by atoms with van der Waals surface area (Å²) in [5.41, 5.74) is 5.02. The Hall–Kier alpha value is -4.34. The molecule has 0 aliphatic rings. The topological polar surface area (TPSA) is 97.3 Å². The number of carbonyl (C=O) groups is 1. The third kappa shape index (κ3) is 7.19. The monoisotopic (exact) mass is 577 g/mol. The van der Waals surface area contributed by atoms with E-state index in [2.05, 4.69) is 10.5 Å². The van der Waals surface area contributed by atoms with Gasteiger partial charge in [-0.1, -0.05) is 60.1 Å². The van der Waals surface area contributed by atoms with Gasteiger partial charge in [-0.15, -0.1) is 0 Å². The number of benzene rings is 4. The molecular formula is C30H28ClN3O5S. The highest BCUT2D eigenvalue weighted by atomic mass is 35.5. The average molecular weight is 578 g/mol. The van der Waals surface area contributed by atoms with Crippen LogP contribution in [0.4, 0.5) is 5.69 Å². The van der Waals surface area contributed by atoms with E-state index in [0.29, 0.717) is 39.9 Å². The lowest BCUT2D eigenvalue weighted by molar-refractivity contribution is -0.119. The number of anilines is 1. The molecule has 206 valence electrons. The summed E-state index contributed by atoms with van der Waals surface area (Å²) < 4.78 is 39.4. The smallest absolute Gasteiger partial charge is 0.264 e. The number of carbonyl (C=O) groups excluding carboxylic acids is 1. The molecule has 4 aromatic rings. The molecule has 0 bridgehead atoms. The Labute approximate surface area is 238 Å². The zero-order valence-electron chi connectivity index (χ0n) is 22.0. The van der Waals surface area contributed by atoms with E-state index in [1.807, 2.05) is 30.3 Å². The van der Waals surface area contributed by atoms with Gasteiger partial charge in [0.25, 0.3) is 15.9 Å². The Morgan fingerprint density at radius 1 is 0.950 bits per heavy atom. The third-order valence-corrected chi connectivity index (χ3v) is 7.88. The van der Waals surface area contributed by atoms with Crippen LogP contribution in [0.3, 0.4) is 0 Å². The fourth-order valence-corrected chi connectivity index (χ4v) is 5.61. The molecule has 8 nitrogen and oxygen atoms in total. The molecule has 4 rings (SSSR count). The van der Waals surface area contributed by atoms with Crippen molar-refractivity contribution in [3.05, 3.63) is 119 Å². The second-order valence-corrected chi connectivity index (χ2v) is 11.0. The Balaban J connectivity index is 1.47.